The molecule has 120 valence electrons. The molecular formula is C17H12BrN3O2S. The lowest BCUT2D eigenvalue weighted by molar-refractivity contribution is -0.130. The van der Waals surface area contributed by atoms with Gasteiger partial charge < -0.3 is 5.32 Å². The normalized spacial score (nSPS) is 18.1. The van der Waals surface area contributed by atoms with E-state index in [9.17, 15) is 9.59 Å². The number of benzene rings is 2. The Bertz CT molecular complexity index is 821. The van der Waals surface area contributed by atoms with Crippen LogP contribution in [0.1, 0.15) is 0 Å². The topological polar surface area (TPSA) is 61.8 Å². The lowest BCUT2D eigenvalue weighted by Gasteiger charge is -2.30. The Morgan fingerprint density at radius 1 is 1.08 bits per heavy atom. The van der Waals surface area contributed by atoms with Gasteiger partial charge in [-0.25, -0.2) is 0 Å². The molecule has 3 rings (SSSR count). The number of hydrogen-bond acceptors (Lipinski definition) is 4. The maximum Gasteiger partial charge on any atom is 0.251 e. The molecule has 1 aliphatic heterocycles. The third-order valence-corrected chi connectivity index (χ3v) is 4.23. The van der Waals surface area contributed by atoms with Crippen molar-refractivity contribution < 1.29 is 9.59 Å². The molecule has 0 unspecified atom stereocenters. The SMILES string of the molecule is O=C1NC(=S)N(c2ccccc2)C(=O)[C@H]1C=Nc1ccc(Br)cc1. The fourth-order valence-electron chi connectivity index (χ4n) is 2.23. The molecule has 2 aromatic rings. The number of aliphatic imine (C=N–C) groups is 1. The number of rotatable bonds is 3. The van der Waals surface area contributed by atoms with Crippen LogP contribution in [0.4, 0.5) is 11.4 Å². The highest BCUT2D eigenvalue weighted by Crippen LogP contribution is 2.21. The van der Waals surface area contributed by atoms with Crippen molar-refractivity contribution in [2.75, 3.05) is 4.90 Å². The van der Waals surface area contributed by atoms with E-state index in [0.717, 1.165) is 4.47 Å². The summed E-state index contributed by atoms with van der Waals surface area (Å²) in [7, 11) is 0. The Kier molecular flexibility index (Phi) is 4.82. The van der Waals surface area contributed by atoms with Crippen molar-refractivity contribution in [2.45, 2.75) is 0 Å². The van der Waals surface area contributed by atoms with Crippen molar-refractivity contribution in [3.05, 3.63) is 59.1 Å². The maximum absolute atomic E-state index is 12.7. The second-order valence-electron chi connectivity index (χ2n) is 5.04. The maximum atomic E-state index is 12.7. The summed E-state index contributed by atoms with van der Waals surface area (Å²) in [5.41, 5.74) is 1.26. The molecule has 1 N–H and O–H groups in total. The second-order valence-corrected chi connectivity index (χ2v) is 6.34. The molecule has 0 aromatic heterocycles. The van der Waals surface area contributed by atoms with E-state index in [0.29, 0.717) is 11.4 Å². The van der Waals surface area contributed by atoms with Crippen LogP contribution in [0.2, 0.25) is 0 Å². The first kappa shape index (κ1) is 16.5. The Balaban J connectivity index is 1.87. The molecular weight excluding hydrogens is 390 g/mol. The van der Waals surface area contributed by atoms with Crippen molar-refractivity contribution in [2.24, 2.45) is 10.9 Å². The van der Waals surface area contributed by atoms with Gasteiger partial charge in [0.2, 0.25) is 5.91 Å². The van der Waals surface area contributed by atoms with Gasteiger partial charge in [0.1, 0.15) is 0 Å². The van der Waals surface area contributed by atoms with Crippen LogP contribution in [-0.2, 0) is 9.59 Å². The zero-order valence-corrected chi connectivity index (χ0v) is 14.8. The fraction of sp³-hybridized carbons (Fsp3) is 0.0588. The predicted molar refractivity (Wildman–Crippen MR) is 100 cm³/mol. The largest absolute Gasteiger partial charge is 0.301 e. The number of hydrogen-bond donors (Lipinski definition) is 1. The highest BCUT2D eigenvalue weighted by molar-refractivity contribution is 9.10. The van der Waals surface area contributed by atoms with Crippen LogP contribution in [0.5, 0.6) is 0 Å². The van der Waals surface area contributed by atoms with E-state index < -0.39 is 17.7 Å². The van der Waals surface area contributed by atoms with Crippen molar-refractivity contribution in [3.63, 3.8) is 0 Å². The number of amides is 2. The van der Waals surface area contributed by atoms with E-state index in [1.807, 2.05) is 18.2 Å². The van der Waals surface area contributed by atoms with Crippen LogP contribution in [0.15, 0.2) is 64.1 Å². The lowest BCUT2D eigenvalue weighted by atomic mass is 10.1. The Hall–Kier alpha value is -2.38. The molecule has 1 atom stereocenters. The summed E-state index contributed by atoms with van der Waals surface area (Å²) in [4.78, 5) is 30.4. The summed E-state index contributed by atoms with van der Waals surface area (Å²) < 4.78 is 0.925. The van der Waals surface area contributed by atoms with Gasteiger partial charge in [0.15, 0.2) is 11.0 Å². The van der Waals surface area contributed by atoms with Gasteiger partial charge in [-0.3, -0.25) is 19.5 Å². The summed E-state index contributed by atoms with van der Waals surface area (Å²) in [5, 5.41) is 2.63. The first-order valence-electron chi connectivity index (χ1n) is 7.10. The second kappa shape index (κ2) is 7.02. The highest BCUT2D eigenvalue weighted by atomic mass is 79.9. The minimum Gasteiger partial charge on any atom is -0.301 e. The summed E-state index contributed by atoms with van der Waals surface area (Å²) in [6.07, 6.45) is 1.35. The van der Waals surface area contributed by atoms with Crippen LogP contribution in [0.25, 0.3) is 0 Å². The zero-order chi connectivity index (χ0) is 17.1. The summed E-state index contributed by atoms with van der Waals surface area (Å²) >= 11 is 8.47. The van der Waals surface area contributed by atoms with E-state index in [2.05, 4.69) is 26.2 Å². The van der Waals surface area contributed by atoms with Gasteiger partial charge in [-0.1, -0.05) is 34.1 Å². The van der Waals surface area contributed by atoms with Gasteiger partial charge in [0.05, 0.1) is 11.4 Å². The first-order chi connectivity index (χ1) is 11.6. The van der Waals surface area contributed by atoms with Gasteiger partial charge in [-0.2, -0.15) is 0 Å². The van der Waals surface area contributed by atoms with Crippen molar-refractivity contribution >= 4 is 62.7 Å². The molecule has 1 saturated heterocycles. The van der Waals surface area contributed by atoms with Gasteiger partial charge >= 0.3 is 0 Å². The van der Waals surface area contributed by atoms with Gasteiger partial charge in [-0.05, 0) is 48.6 Å². The number of carbonyl (C=O) groups excluding carboxylic acids is 2. The first-order valence-corrected chi connectivity index (χ1v) is 8.30. The van der Waals surface area contributed by atoms with E-state index >= 15 is 0 Å². The number of para-hydroxylation sites is 1. The highest BCUT2D eigenvalue weighted by Gasteiger charge is 2.38. The lowest BCUT2D eigenvalue weighted by Crippen LogP contribution is -2.58. The molecule has 7 heteroatoms. The van der Waals surface area contributed by atoms with Crippen LogP contribution in [0.3, 0.4) is 0 Å². The van der Waals surface area contributed by atoms with E-state index in [1.165, 1.54) is 11.1 Å². The monoisotopic (exact) mass is 401 g/mol. The minimum atomic E-state index is -1.03. The molecule has 0 radical (unpaired) electrons. The average Bonchev–Trinajstić information content (AvgIpc) is 2.57. The van der Waals surface area contributed by atoms with E-state index in [1.54, 1.807) is 36.4 Å². The summed E-state index contributed by atoms with van der Waals surface area (Å²) in [5.74, 6) is -1.92. The molecule has 2 amide bonds. The third-order valence-electron chi connectivity index (χ3n) is 3.42. The molecule has 0 aliphatic carbocycles. The number of halogens is 1. The number of nitrogens with one attached hydrogen (secondary N) is 1. The quantitative estimate of drug-likeness (QED) is 0.487. The number of carbonyl (C=O) groups is 2. The average molecular weight is 402 g/mol. The molecule has 0 spiro atoms. The number of thiocarbonyl (C=S) groups is 1. The summed E-state index contributed by atoms with van der Waals surface area (Å²) in [6, 6.07) is 16.2. The Morgan fingerprint density at radius 3 is 2.42 bits per heavy atom. The molecule has 5 nitrogen and oxygen atoms in total. The van der Waals surface area contributed by atoms with Crippen LogP contribution < -0.4 is 10.2 Å². The zero-order valence-electron chi connectivity index (χ0n) is 12.3. The van der Waals surface area contributed by atoms with Crippen LogP contribution in [0, 0.1) is 5.92 Å². The fourth-order valence-corrected chi connectivity index (χ4v) is 2.79. The Morgan fingerprint density at radius 2 is 1.75 bits per heavy atom. The van der Waals surface area contributed by atoms with Crippen molar-refractivity contribution in [1.29, 1.82) is 0 Å². The van der Waals surface area contributed by atoms with E-state index in [4.69, 9.17) is 12.2 Å². The smallest absolute Gasteiger partial charge is 0.251 e. The van der Waals surface area contributed by atoms with E-state index in [-0.39, 0.29) is 5.11 Å². The third kappa shape index (κ3) is 3.42. The molecule has 2 aromatic carbocycles. The number of anilines is 1. The molecule has 1 aliphatic rings. The van der Waals surface area contributed by atoms with Crippen LogP contribution >= 0.6 is 28.1 Å². The minimum absolute atomic E-state index is 0.0736. The molecule has 0 bridgehead atoms. The standard InChI is InChI=1S/C17H12BrN3O2S/c18-11-6-8-12(9-7-11)19-10-14-15(22)20-17(24)21(16(14)23)13-4-2-1-3-5-13/h1-10,14H,(H,20,22,24)/t14-/m0/s1. The Labute approximate surface area is 152 Å². The molecule has 1 heterocycles. The van der Waals surface area contributed by atoms with Crippen molar-refractivity contribution in [1.82, 2.24) is 5.32 Å². The predicted octanol–water partition coefficient (Wildman–Crippen LogP) is 3.22. The van der Waals surface area contributed by atoms with Gasteiger partial charge in [-0.15, -0.1) is 0 Å². The van der Waals surface area contributed by atoms with Crippen LogP contribution in [-0.4, -0.2) is 23.1 Å². The van der Waals surface area contributed by atoms with Crippen molar-refractivity contribution in [3.8, 4) is 0 Å². The van der Waals surface area contributed by atoms with Gasteiger partial charge in [0.25, 0.3) is 5.91 Å². The molecule has 1 fully saturated rings. The van der Waals surface area contributed by atoms with Gasteiger partial charge in [0, 0.05) is 10.7 Å². The molecule has 24 heavy (non-hydrogen) atoms. The molecule has 0 saturated carbocycles. The summed E-state index contributed by atoms with van der Waals surface area (Å²) in [6.45, 7) is 0. The number of nitrogens with zero attached hydrogens (tertiary/aromatic N) is 2.